The molecule has 0 radical (unpaired) electrons. The van der Waals surface area contributed by atoms with Gasteiger partial charge < -0.3 is 24.1 Å². The number of hydrogen-bond acceptors (Lipinski definition) is 7. The quantitative estimate of drug-likeness (QED) is 0.230. The summed E-state index contributed by atoms with van der Waals surface area (Å²) in [7, 11) is 4.47. The lowest BCUT2D eigenvalue weighted by Gasteiger charge is -2.27. The van der Waals surface area contributed by atoms with Crippen LogP contribution in [0.1, 0.15) is 36.1 Å². The highest BCUT2D eigenvalue weighted by atomic mass is 16.5. The van der Waals surface area contributed by atoms with E-state index in [-0.39, 0.29) is 11.3 Å². The molecule has 1 amide bonds. The van der Waals surface area contributed by atoms with Crippen LogP contribution < -0.4 is 23.8 Å². The normalized spacial score (nSPS) is 16.4. The van der Waals surface area contributed by atoms with Gasteiger partial charge in [-0.25, -0.2) is 0 Å². The van der Waals surface area contributed by atoms with Gasteiger partial charge in [-0.1, -0.05) is 19.1 Å². The summed E-state index contributed by atoms with van der Waals surface area (Å²) in [5.41, 5.74) is 2.27. The second kappa shape index (κ2) is 11.3. The molecule has 0 aromatic heterocycles. The predicted molar refractivity (Wildman–Crippen MR) is 144 cm³/mol. The first kappa shape index (κ1) is 26.6. The molecule has 3 aromatic carbocycles. The standard InChI is InChI=1S/C30H31NO7/c1-6-14-38-22-12-10-19(11-13-22)27(32)25-26(20-16-23(35-3)29(37-5)24(17-20)36-4)31(30(34)28(25)33)21-9-7-8-18(2)15-21/h7-13,15-17,26,32H,6,14H2,1-5H3/b27-25+. The number of aryl methyl sites for hydroxylation is 1. The average molecular weight is 518 g/mol. The van der Waals surface area contributed by atoms with Gasteiger partial charge in [0, 0.05) is 11.3 Å². The smallest absolute Gasteiger partial charge is 0.300 e. The number of amides is 1. The Morgan fingerprint density at radius 2 is 1.58 bits per heavy atom. The summed E-state index contributed by atoms with van der Waals surface area (Å²) in [6.45, 7) is 4.47. The zero-order valence-corrected chi connectivity index (χ0v) is 22.1. The Hall–Kier alpha value is -4.46. The first-order valence-corrected chi connectivity index (χ1v) is 12.2. The molecular formula is C30H31NO7. The average Bonchev–Trinajstić information content (AvgIpc) is 3.20. The van der Waals surface area contributed by atoms with Crippen molar-refractivity contribution in [2.75, 3.05) is 32.8 Å². The third-order valence-corrected chi connectivity index (χ3v) is 6.33. The molecule has 0 bridgehead atoms. The molecule has 3 aromatic rings. The fourth-order valence-corrected chi connectivity index (χ4v) is 4.54. The van der Waals surface area contributed by atoms with Crippen LogP contribution in [0.5, 0.6) is 23.0 Å². The maximum Gasteiger partial charge on any atom is 0.300 e. The summed E-state index contributed by atoms with van der Waals surface area (Å²) in [5, 5.41) is 11.4. The highest BCUT2D eigenvalue weighted by Gasteiger charge is 2.47. The molecule has 0 spiro atoms. The number of nitrogens with zero attached hydrogens (tertiary/aromatic N) is 1. The Kier molecular flexibility index (Phi) is 7.90. The van der Waals surface area contributed by atoms with Gasteiger partial charge in [0.25, 0.3) is 11.7 Å². The highest BCUT2D eigenvalue weighted by molar-refractivity contribution is 6.51. The lowest BCUT2D eigenvalue weighted by Crippen LogP contribution is -2.29. The first-order chi connectivity index (χ1) is 18.3. The second-order valence-corrected chi connectivity index (χ2v) is 8.84. The zero-order valence-electron chi connectivity index (χ0n) is 22.1. The molecule has 1 aliphatic heterocycles. The van der Waals surface area contributed by atoms with Gasteiger partial charge in [0.2, 0.25) is 5.75 Å². The molecule has 1 heterocycles. The van der Waals surface area contributed by atoms with Crippen LogP contribution >= 0.6 is 0 Å². The minimum absolute atomic E-state index is 0.0481. The largest absolute Gasteiger partial charge is 0.507 e. The van der Waals surface area contributed by atoms with Gasteiger partial charge in [0.15, 0.2) is 11.5 Å². The molecule has 38 heavy (non-hydrogen) atoms. The van der Waals surface area contributed by atoms with Crippen molar-refractivity contribution in [3.8, 4) is 23.0 Å². The number of ketones is 1. The molecule has 0 aliphatic carbocycles. The van der Waals surface area contributed by atoms with Crippen molar-refractivity contribution in [3.05, 3.63) is 82.9 Å². The third kappa shape index (κ3) is 4.89. The molecule has 0 saturated carbocycles. The van der Waals surface area contributed by atoms with E-state index in [9.17, 15) is 14.7 Å². The zero-order chi connectivity index (χ0) is 27.4. The van der Waals surface area contributed by atoms with Gasteiger partial charge in [-0.15, -0.1) is 0 Å². The van der Waals surface area contributed by atoms with E-state index < -0.39 is 17.7 Å². The first-order valence-electron chi connectivity index (χ1n) is 12.2. The van der Waals surface area contributed by atoms with E-state index in [1.807, 2.05) is 32.0 Å². The van der Waals surface area contributed by atoms with Crippen LogP contribution in [0.3, 0.4) is 0 Å². The molecule has 1 fully saturated rings. The minimum atomic E-state index is -0.957. The molecule has 1 N–H and O–H groups in total. The molecule has 8 heteroatoms. The molecule has 1 aliphatic rings. The number of hydrogen-bond donors (Lipinski definition) is 1. The van der Waals surface area contributed by atoms with E-state index in [1.54, 1.807) is 42.5 Å². The summed E-state index contributed by atoms with van der Waals surface area (Å²) in [6, 6.07) is 16.4. The fourth-order valence-electron chi connectivity index (χ4n) is 4.54. The van der Waals surface area contributed by atoms with Gasteiger partial charge in [-0.2, -0.15) is 0 Å². The van der Waals surface area contributed by atoms with Gasteiger partial charge in [0.05, 0.1) is 39.6 Å². The third-order valence-electron chi connectivity index (χ3n) is 6.33. The monoisotopic (exact) mass is 517 g/mol. The number of aliphatic hydroxyl groups excluding tert-OH is 1. The Morgan fingerprint density at radius 3 is 2.13 bits per heavy atom. The molecule has 1 unspecified atom stereocenters. The Labute approximate surface area is 222 Å². The van der Waals surface area contributed by atoms with Crippen molar-refractivity contribution in [1.29, 1.82) is 0 Å². The number of methoxy groups -OCH3 is 3. The lowest BCUT2D eigenvalue weighted by atomic mass is 9.94. The van der Waals surface area contributed by atoms with Crippen LogP contribution in [0, 0.1) is 6.92 Å². The Balaban J connectivity index is 1.94. The highest BCUT2D eigenvalue weighted by Crippen LogP contribution is 2.47. The van der Waals surface area contributed by atoms with Crippen molar-refractivity contribution in [2.24, 2.45) is 0 Å². The number of benzene rings is 3. The van der Waals surface area contributed by atoms with Gasteiger partial charge in [-0.05, 0) is 73.0 Å². The van der Waals surface area contributed by atoms with Gasteiger partial charge in [-0.3, -0.25) is 14.5 Å². The maximum absolute atomic E-state index is 13.5. The molecule has 8 nitrogen and oxygen atoms in total. The summed E-state index contributed by atoms with van der Waals surface area (Å²) >= 11 is 0. The van der Waals surface area contributed by atoms with Crippen LogP contribution in [0.25, 0.3) is 5.76 Å². The number of rotatable bonds is 9. The van der Waals surface area contributed by atoms with Crippen molar-refractivity contribution in [3.63, 3.8) is 0 Å². The van der Waals surface area contributed by atoms with E-state index in [0.29, 0.717) is 46.4 Å². The molecule has 1 saturated heterocycles. The van der Waals surface area contributed by atoms with Crippen molar-refractivity contribution in [1.82, 2.24) is 0 Å². The number of carbonyl (C=O) groups excluding carboxylic acids is 2. The fraction of sp³-hybridized carbons (Fsp3) is 0.267. The van der Waals surface area contributed by atoms with E-state index >= 15 is 0 Å². The van der Waals surface area contributed by atoms with E-state index in [1.165, 1.54) is 26.2 Å². The summed E-state index contributed by atoms with van der Waals surface area (Å²) in [5.74, 6) is -0.117. The summed E-state index contributed by atoms with van der Waals surface area (Å²) in [6.07, 6.45) is 0.860. The van der Waals surface area contributed by atoms with Crippen LogP contribution in [-0.2, 0) is 9.59 Å². The number of ether oxygens (including phenoxy) is 4. The van der Waals surface area contributed by atoms with E-state index in [4.69, 9.17) is 18.9 Å². The van der Waals surface area contributed by atoms with Crippen molar-refractivity contribution in [2.45, 2.75) is 26.3 Å². The summed E-state index contributed by atoms with van der Waals surface area (Å²) in [4.78, 5) is 28.4. The minimum Gasteiger partial charge on any atom is -0.507 e. The van der Waals surface area contributed by atoms with Crippen molar-refractivity contribution < 1.29 is 33.6 Å². The molecular weight excluding hydrogens is 486 g/mol. The number of anilines is 1. The summed E-state index contributed by atoms with van der Waals surface area (Å²) < 4.78 is 22.2. The predicted octanol–water partition coefficient (Wildman–Crippen LogP) is 5.44. The van der Waals surface area contributed by atoms with E-state index in [0.717, 1.165) is 12.0 Å². The molecule has 1 atom stereocenters. The maximum atomic E-state index is 13.5. The van der Waals surface area contributed by atoms with Crippen molar-refractivity contribution >= 4 is 23.1 Å². The van der Waals surface area contributed by atoms with E-state index in [2.05, 4.69) is 0 Å². The Morgan fingerprint density at radius 1 is 0.921 bits per heavy atom. The number of Topliss-reactive ketones (excluding diaryl/α,β-unsaturated/α-hetero) is 1. The van der Waals surface area contributed by atoms with Crippen LogP contribution in [0.15, 0.2) is 66.2 Å². The SMILES string of the molecule is CCCOc1ccc(/C(O)=C2\C(=O)C(=O)N(c3cccc(C)c3)C2c2cc(OC)c(OC)c(OC)c2)cc1. The van der Waals surface area contributed by atoms with Crippen LogP contribution in [0.2, 0.25) is 0 Å². The molecule has 198 valence electrons. The number of carbonyl (C=O) groups is 2. The molecule has 4 rings (SSSR count). The van der Waals surface area contributed by atoms with Gasteiger partial charge >= 0.3 is 0 Å². The number of aliphatic hydroxyl groups is 1. The van der Waals surface area contributed by atoms with Crippen LogP contribution in [0.4, 0.5) is 5.69 Å². The Bertz CT molecular complexity index is 1350. The van der Waals surface area contributed by atoms with Crippen LogP contribution in [-0.4, -0.2) is 44.7 Å². The lowest BCUT2D eigenvalue weighted by molar-refractivity contribution is -0.132. The van der Waals surface area contributed by atoms with Gasteiger partial charge in [0.1, 0.15) is 11.5 Å². The second-order valence-electron chi connectivity index (χ2n) is 8.84. The topological polar surface area (TPSA) is 94.5 Å².